The monoisotopic (exact) mass is 330 g/mol. The lowest BCUT2D eigenvalue weighted by Gasteiger charge is -2.19. The van der Waals surface area contributed by atoms with Crippen LogP contribution in [0.1, 0.15) is 32.6 Å². The van der Waals surface area contributed by atoms with E-state index in [4.69, 9.17) is 4.74 Å². The molecule has 2 aliphatic rings. The van der Waals surface area contributed by atoms with Gasteiger partial charge in [0, 0.05) is 5.69 Å². The highest BCUT2D eigenvalue weighted by Crippen LogP contribution is 2.37. The van der Waals surface area contributed by atoms with Crippen LogP contribution in [-0.2, 0) is 14.4 Å². The van der Waals surface area contributed by atoms with E-state index < -0.39 is 0 Å². The van der Waals surface area contributed by atoms with Crippen molar-refractivity contribution < 1.29 is 19.1 Å². The zero-order chi connectivity index (χ0) is 17.1. The fourth-order valence-corrected chi connectivity index (χ4v) is 3.53. The van der Waals surface area contributed by atoms with Crippen LogP contribution in [0.4, 0.5) is 5.69 Å². The van der Waals surface area contributed by atoms with Gasteiger partial charge in [0.05, 0.1) is 18.4 Å². The Morgan fingerprint density at radius 1 is 1.12 bits per heavy atom. The lowest BCUT2D eigenvalue weighted by Crippen LogP contribution is -2.38. The Hall–Kier alpha value is -2.37. The van der Waals surface area contributed by atoms with Crippen LogP contribution in [0.5, 0.6) is 5.75 Å². The lowest BCUT2D eigenvalue weighted by atomic mass is 9.81. The van der Waals surface area contributed by atoms with Crippen LogP contribution in [0.2, 0.25) is 0 Å². The number of imide groups is 1. The number of rotatable bonds is 5. The summed E-state index contributed by atoms with van der Waals surface area (Å²) in [6, 6.07) is 6.99. The molecule has 24 heavy (non-hydrogen) atoms. The summed E-state index contributed by atoms with van der Waals surface area (Å²) in [5, 5.41) is 2.72. The van der Waals surface area contributed by atoms with Crippen LogP contribution >= 0.6 is 0 Å². The zero-order valence-electron chi connectivity index (χ0n) is 13.8. The van der Waals surface area contributed by atoms with Crippen molar-refractivity contribution in [3.63, 3.8) is 0 Å². The summed E-state index contributed by atoms with van der Waals surface area (Å²) >= 11 is 0. The van der Waals surface area contributed by atoms with Gasteiger partial charge in [-0.1, -0.05) is 12.8 Å². The molecule has 1 aromatic carbocycles. The highest BCUT2D eigenvalue weighted by molar-refractivity contribution is 6.08. The average Bonchev–Trinajstić information content (AvgIpc) is 2.82. The molecule has 0 bridgehead atoms. The number of ether oxygens (including phenoxy) is 1. The smallest absolute Gasteiger partial charge is 0.244 e. The van der Waals surface area contributed by atoms with Crippen LogP contribution in [0.25, 0.3) is 0 Å². The normalized spacial score (nSPS) is 23.1. The van der Waals surface area contributed by atoms with Gasteiger partial charge in [0.25, 0.3) is 0 Å². The van der Waals surface area contributed by atoms with Crippen molar-refractivity contribution in [1.82, 2.24) is 4.90 Å². The third kappa shape index (κ3) is 3.27. The highest BCUT2D eigenvalue weighted by atomic mass is 16.5. The van der Waals surface area contributed by atoms with E-state index in [0.29, 0.717) is 12.3 Å². The summed E-state index contributed by atoms with van der Waals surface area (Å²) in [5.74, 6) is -0.448. The molecule has 0 radical (unpaired) electrons. The molecule has 6 heteroatoms. The van der Waals surface area contributed by atoms with Crippen LogP contribution < -0.4 is 10.1 Å². The van der Waals surface area contributed by atoms with Gasteiger partial charge in [0.1, 0.15) is 12.3 Å². The molecule has 3 amide bonds. The first-order valence-electron chi connectivity index (χ1n) is 8.48. The van der Waals surface area contributed by atoms with Crippen LogP contribution in [0, 0.1) is 11.8 Å². The Labute approximate surface area is 141 Å². The van der Waals surface area contributed by atoms with Crippen molar-refractivity contribution in [2.24, 2.45) is 11.8 Å². The van der Waals surface area contributed by atoms with Crippen LogP contribution in [0.3, 0.4) is 0 Å². The first-order chi connectivity index (χ1) is 11.6. The minimum absolute atomic E-state index is 0.188. The molecular weight excluding hydrogens is 308 g/mol. The summed E-state index contributed by atoms with van der Waals surface area (Å²) in [6.07, 6.45) is 3.47. The molecule has 1 aromatic rings. The summed E-state index contributed by atoms with van der Waals surface area (Å²) in [7, 11) is 0. The fourth-order valence-electron chi connectivity index (χ4n) is 3.53. The predicted molar refractivity (Wildman–Crippen MR) is 88.4 cm³/mol. The topological polar surface area (TPSA) is 75.7 Å². The summed E-state index contributed by atoms with van der Waals surface area (Å²) < 4.78 is 5.35. The maximum absolute atomic E-state index is 12.4. The Balaban J connectivity index is 1.60. The number of likely N-dealkylation sites (tertiary alicyclic amines) is 1. The SMILES string of the molecule is CCOc1ccc(NC(=O)CN2C(=O)[C@@H]3CCCC[C@H]3C2=O)cc1. The van der Waals surface area contributed by atoms with E-state index in [-0.39, 0.29) is 36.1 Å². The Bertz CT molecular complexity index is 617. The van der Waals surface area contributed by atoms with E-state index in [2.05, 4.69) is 5.32 Å². The van der Waals surface area contributed by atoms with Gasteiger partial charge in [-0.15, -0.1) is 0 Å². The first kappa shape index (κ1) is 16.5. The van der Waals surface area contributed by atoms with Crippen molar-refractivity contribution in [2.75, 3.05) is 18.5 Å². The number of fused-ring (bicyclic) bond motifs is 1. The van der Waals surface area contributed by atoms with Crippen molar-refractivity contribution in [2.45, 2.75) is 32.6 Å². The molecule has 2 fully saturated rings. The van der Waals surface area contributed by atoms with E-state index in [0.717, 1.165) is 36.3 Å². The molecule has 128 valence electrons. The van der Waals surface area contributed by atoms with Gasteiger partial charge in [-0.3, -0.25) is 19.3 Å². The number of carbonyl (C=O) groups is 3. The van der Waals surface area contributed by atoms with E-state index >= 15 is 0 Å². The molecule has 3 rings (SSSR count). The third-order valence-corrected chi connectivity index (χ3v) is 4.68. The number of hydrogen-bond donors (Lipinski definition) is 1. The minimum Gasteiger partial charge on any atom is -0.494 e. The lowest BCUT2D eigenvalue weighted by molar-refractivity contribution is -0.142. The Morgan fingerprint density at radius 3 is 2.25 bits per heavy atom. The molecule has 1 heterocycles. The number of nitrogens with one attached hydrogen (secondary N) is 1. The summed E-state index contributed by atoms with van der Waals surface area (Å²) in [4.78, 5) is 38.0. The van der Waals surface area contributed by atoms with E-state index in [1.54, 1.807) is 24.3 Å². The molecular formula is C18H22N2O4. The first-order valence-corrected chi connectivity index (χ1v) is 8.48. The molecule has 0 spiro atoms. The largest absolute Gasteiger partial charge is 0.494 e. The maximum Gasteiger partial charge on any atom is 0.244 e. The molecule has 2 atom stereocenters. The highest BCUT2D eigenvalue weighted by Gasteiger charge is 2.48. The summed E-state index contributed by atoms with van der Waals surface area (Å²) in [5.41, 5.74) is 0.611. The second kappa shape index (κ2) is 7.03. The van der Waals surface area contributed by atoms with E-state index in [9.17, 15) is 14.4 Å². The van der Waals surface area contributed by atoms with Gasteiger partial charge in [-0.25, -0.2) is 0 Å². The molecule has 1 saturated heterocycles. The molecule has 6 nitrogen and oxygen atoms in total. The van der Waals surface area contributed by atoms with Crippen molar-refractivity contribution in [3.05, 3.63) is 24.3 Å². The molecule has 0 unspecified atom stereocenters. The number of anilines is 1. The third-order valence-electron chi connectivity index (χ3n) is 4.68. The van der Waals surface area contributed by atoms with Crippen LogP contribution in [-0.4, -0.2) is 35.8 Å². The molecule has 1 saturated carbocycles. The van der Waals surface area contributed by atoms with Gasteiger partial charge >= 0.3 is 0 Å². The Morgan fingerprint density at radius 2 is 1.71 bits per heavy atom. The van der Waals surface area contributed by atoms with Gasteiger partial charge in [-0.2, -0.15) is 0 Å². The van der Waals surface area contributed by atoms with Crippen molar-refractivity contribution >= 4 is 23.4 Å². The Kier molecular flexibility index (Phi) is 4.83. The number of nitrogens with zero attached hydrogens (tertiary/aromatic N) is 1. The average molecular weight is 330 g/mol. The molecule has 1 N–H and O–H groups in total. The molecule has 1 aliphatic carbocycles. The minimum atomic E-state index is -0.362. The number of hydrogen-bond acceptors (Lipinski definition) is 4. The van der Waals surface area contributed by atoms with E-state index in [1.807, 2.05) is 6.92 Å². The number of carbonyl (C=O) groups excluding carboxylic acids is 3. The summed E-state index contributed by atoms with van der Waals surface area (Å²) in [6.45, 7) is 2.27. The quantitative estimate of drug-likeness (QED) is 0.840. The van der Waals surface area contributed by atoms with Crippen LogP contribution in [0.15, 0.2) is 24.3 Å². The van der Waals surface area contributed by atoms with Gasteiger partial charge in [0.2, 0.25) is 17.7 Å². The van der Waals surface area contributed by atoms with Gasteiger partial charge in [0.15, 0.2) is 0 Å². The van der Waals surface area contributed by atoms with Gasteiger partial charge in [-0.05, 0) is 44.0 Å². The van der Waals surface area contributed by atoms with E-state index in [1.165, 1.54) is 0 Å². The fraction of sp³-hybridized carbons (Fsp3) is 0.500. The zero-order valence-corrected chi connectivity index (χ0v) is 13.8. The maximum atomic E-state index is 12.4. The second-order valence-corrected chi connectivity index (χ2v) is 6.27. The van der Waals surface area contributed by atoms with Crippen molar-refractivity contribution in [1.29, 1.82) is 0 Å². The number of benzene rings is 1. The molecule has 0 aromatic heterocycles. The predicted octanol–water partition coefficient (Wildman–Crippen LogP) is 2.20. The van der Waals surface area contributed by atoms with Gasteiger partial charge < -0.3 is 10.1 Å². The van der Waals surface area contributed by atoms with Crippen molar-refractivity contribution in [3.8, 4) is 5.75 Å². The molecule has 1 aliphatic heterocycles. The standard InChI is InChI=1S/C18H22N2O4/c1-2-24-13-9-7-12(8-10-13)19-16(21)11-20-17(22)14-5-3-4-6-15(14)18(20)23/h7-10,14-15H,2-6,11H2,1H3,(H,19,21)/t14-,15-/m1/s1. The second-order valence-electron chi connectivity index (χ2n) is 6.27. The number of amides is 3.